The molecular weight excluding hydrogens is 349 g/mol. The van der Waals surface area contributed by atoms with E-state index in [-0.39, 0.29) is 11.5 Å². The van der Waals surface area contributed by atoms with E-state index in [4.69, 9.17) is 14.7 Å². The molecule has 0 saturated carbocycles. The summed E-state index contributed by atoms with van der Waals surface area (Å²) in [5, 5.41) is 8.85. The summed E-state index contributed by atoms with van der Waals surface area (Å²) in [7, 11) is 3.07. The van der Waals surface area contributed by atoms with Crippen LogP contribution in [0.4, 0.5) is 10.1 Å². The molecule has 0 unspecified atom stereocenters. The molecule has 0 radical (unpaired) electrons. The lowest BCUT2D eigenvalue weighted by Gasteiger charge is -2.36. The number of amides is 1. The Labute approximate surface area is 157 Å². The molecule has 1 aliphatic heterocycles. The second-order valence-corrected chi connectivity index (χ2v) is 6.16. The number of anilines is 1. The van der Waals surface area contributed by atoms with Crippen LogP contribution in [0.2, 0.25) is 0 Å². The molecule has 0 aliphatic carbocycles. The first-order chi connectivity index (χ1) is 13.0. The van der Waals surface area contributed by atoms with Gasteiger partial charge in [-0.2, -0.15) is 5.26 Å². The summed E-state index contributed by atoms with van der Waals surface area (Å²) in [6.45, 7) is 1.96. The number of ether oxygens (including phenoxy) is 2. The van der Waals surface area contributed by atoms with Gasteiger partial charge in [-0.05, 0) is 30.3 Å². The smallest absolute Gasteiger partial charge is 0.254 e. The third-order valence-corrected chi connectivity index (χ3v) is 4.58. The Morgan fingerprint density at radius 1 is 1.04 bits per heavy atom. The Balaban J connectivity index is 1.70. The van der Waals surface area contributed by atoms with Crippen LogP contribution in [0.5, 0.6) is 11.5 Å². The summed E-state index contributed by atoms with van der Waals surface area (Å²) in [5.41, 5.74) is 1.23. The monoisotopic (exact) mass is 369 g/mol. The fraction of sp³-hybridized carbons (Fsp3) is 0.300. The summed E-state index contributed by atoms with van der Waals surface area (Å²) in [5.74, 6) is 0.561. The van der Waals surface area contributed by atoms with E-state index >= 15 is 0 Å². The minimum atomic E-state index is -0.425. The van der Waals surface area contributed by atoms with Gasteiger partial charge in [-0.25, -0.2) is 4.39 Å². The number of hydrogen-bond donors (Lipinski definition) is 0. The van der Waals surface area contributed by atoms with Crippen molar-refractivity contribution in [3.63, 3.8) is 0 Å². The van der Waals surface area contributed by atoms with E-state index in [1.165, 1.54) is 20.3 Å². The minimum Gasteiger partial charge on any atom is -0.497 e. The quantitative estimate of drug-likeness (QED) is 0.829. The predicted molar refractivity (Wildman–Crippen MR) is 98.8 cm³/mol. The summed E-state index contributed by atoms with van der Waals surface area (Å²) >= 11 is 0. The number of nitriles is 1. The van der Waals surface area contributed by atoms with Crippen molar-refractivity contribution >= 4 is 11.6 Å². The van der Waals surface area contributed by atoms with Crippen molar-refractivity contribution in [1.82, 2.24) is 4.90 Å². The Kier molecular flexibility index (Phi) is 5.46. The van der Waals surface area contributed by atoms with Crippen LogP contribution in [0.25, 0.3) is 0 Å². The van der Waals surface area contributed by atoms with Gasteiger partial charge in [-0.1, -0.05) is 0 Å². The van der Waals surface area contributed by atoms with Crippen LogP contribution < -0.4 is 14.4 Å². The first-order valence-electron chi connectivity index (χ1n) is 8.52. The molecule has 27 heavy (non-hydrogen) atoms. The van der Waals surface area contributed by atoms with Gasteiger partial charge in [-0.15, -0.1) is 0 Å². The fourth-order valence-corrected chi connectivity index (χ4v) is 3.10. The largest absolute Gasteiger partial charge is 0.497 e. The third kappa shape index (κ3) is 3.95. The van der Waals surface area contributed by atoms with Gasteiger partial charge < -0.3 is 19.3 Å². The van der Waals surface area contributed by atoms with E-state index in [9.17, 15) is 9.18 Å². The maximum absolute atomic E-state index is 14.2. The topological polar surface area (TPSA) is 65.8 Å². The molecule has 2 aromatic rings. The molecule has 0 bridgehead atoms. The molecule has 7 heteroatoms. The number of halogens is 1. The maximum Gasteiger partial charge on any atom is 0.254 e. The molecule has 0 atom stereocenters. The number of rotatable bonds is 4. The van der Waals surface area contributed by atoms with E-state index in [0.29, 0.717) is 48.9 Å². The Bertz CT molecular complexity index is 864. The highest BCUT2D eigenvalue weighted by Crippen LogP contribution is 2.25. The number of methoxy groups -OCH3 is 2. The van der Waals surface area contributed by atoms with Crippen LogP contribution in [-0.2, 0) is 0 Å². The van der Waals surface area contributed by atoms with Crippen molar-refractivity contribution < 1.29 is 18.7 Å². The average molecular weight is 369 g/mol. The van der Waals surface area contributed by atoms with Crippen molar-refractivity contribution in [1.29, 1.82) is 5.26 Å². The van der Waals surface area contributed by atoms with Gasteiger partial charge >= 0.3 is 0 Å². The van der Waals surface area contributed by atoms with Crippen LogP contribution >= 0.6 is 0 Å². The average Bonchev–Trinajstić information content (AvgIpc) is 2.72. The van der Waals surface area contributed by atoms with Crippen molar-refractivity contribution in [2.24, 2.45) is 0 Å². The van der Waals surface area contributed by atoms with Crippen molar-refractivity contribution in [3.05, 3.63) is 53.3 Å². The molecule has 0 aromatic heterocycles. The maximum atomic E-state index is 14.2. The number of nitrogens with zero attached hydrogens (tertiary/aromatic N) is 3. The Morgan fingerprint density at radius 2 is 1.67 bits per heavy atom. The van der Waals surface area contributed by atoms with E-state index < -0.39 is 5.82 Å². The zero-order valence-corrected chi connectivity index (χ0v) is 15.2. The first kappa shape index (κ1) is 18.5. The van der Waals surface area contributed by atoms with Gasteiger partial charge in [0.05, 0.1) is 31.5 Å². The van der Waals surface area contributed by atoms with E-state index in [2.05, 4.69) is 0 Å². The lowest BCUT2D eigenvalue weighted by Crippen LogP contribution is -2.49. The highest BCUT2D eigenvalue weighted by Gasteiger charge is 2.24. The summed E-state index contributed by atoms with van der Waals surface area (Å²) in [4.78, 5) is 16.4. The summed E-state index contributed by atoms with van der Waals surface area (Å²) < 4.78 is 24.6. The zero-order valence-electron chi connectivity index (χ0n) is 15.2. The van der Waals surface area contributed by atoms with Gasteiger partial charge in [0, 0.05) is 37.8 Å². The molecule has 1 saturated heterocycles. The van der Waals surface area contributed by atoms with Crippen molar-refractivity contribution in [2.45, 2.75) is 0 Å². The molecule has 6 nitrogen and oxygen atoms in total. The Morgan fingerprint density at radius 3 is 2.19 bits per heavy atom. The highest BCUT2D eigenvalue weighted by atomic mass is 19.1. The summed E-state index contributed by atoms with van der Waals surface area (Å²) in [6, 6.07) is 11.4. The fourth-order valence-electron chi connectivity index (χ4n) is 3.10. The molecule has 0 N–H and O–H groups in total. The number of carbonyl (C=O) groups excluding carboxylic acids is 1. The normalized spacial score (nSPS) is 13.9. The molecule has 1 fully saturated rings. The van der Waals surface area contributed by atoms with E-state index in [0.717, 1.165) is 0 Å². The predicted octanol–water partition coefficient (Wildman–Crippen LogP) is 2.68. The van der Waals surface area contributed by atoms with Crippen LogP contribution in [0.3, 0.4) is 0 Å². The zero-order chi connectivity index (χ0) is 19.4. The van der Waals surface area contributed by atoms with Crippen LogP contribution in [0, 0.1) is 17.1 Å². The van der Waals surface area contributed by atoms with Gasteiger partial charge in [0.2, 0.25) is 0 Å². The molecule has 2 aromatic carbocycles. The minimum absolute atomic E-state index is 0.118. The summed E-state index contributed by atoms with van der Waals surface area (Å²) in [6.07, 6.45) is 0. The molecule has 3 rings (SSSR count). The van der Waals surface area contributed by atoms with Crippen LogP contribution in [0.15, 0.2) is 36.4 Å². The first-order valence-corrected chi connectivity index (χ1v) is 8.52. The number of benzene rings is 2. The lowest BCUT2D eigenvalue weighted by molar-refractivity contribution is 0.0746. The number of hydrogen-bond acceptors (Lipinski definition) is 5. The van der Waals surface area contributed by atoms with Crippen LogP contribution in [-0.4, -0.2) is 51.2 Å². The van der Waals surface area contributed by atoms with Crippen molar-refractivity contribution in [2.75, 3.05) is 45.3 Å². The third-order valence-electron chi connectivity index (χ3n) is 4.58. The van der Waals surface area contributed by atoms with E-state index in [1.54, 1.807) is 35.2 Å². The molecule has 1 amide bonds. The molecule has 1 aliphatic rings. The van der Waals surface area contributed by atoms with Crippen molar-refractivity contribution in [3.8, 4) is 17.6 Å². The Hall–Kier alpha value is -3.27. The second kappa shape index (κ2) is 7.96. The molecular formula is C20H20FN3O3. The lowest BCUT2D eigenvalue weighted by atomic mass is 10.1. The molecule has 1 heterocycles. The van der Waals surface area contributed by atoms with Gasteiger partial charge in [-0.3, -0.25) is 4.79 Å². The highest BCUT2D eigenvalue weighted by molar-refractivity contribution is 5.95. The van der Waals surface area contributed by atoms with E-state index in [1.807, 2.05) is 11.0 Å². The SMILES string of the molecule is COc1cc(OC)cc(C(=O)N2CCN(c3ccc(C#N)cc3F)CC2)c1. The van der Waals surface area contributed by atoms with Gasteiger partial charge in [0.15, 0.2) is 0 Å². The van der Waals surface area contributed by atoms with Gasteiger partial charge in [0.25, 0.3) is 5.91 Å². The molecule has 0 spiro atoms. The number of carbonyl (C=O) groups is 1. The standard InChI is InChI=1S/C20H20FN3O3/c1-26-16-10-15(11-17(12-16)27-2)20(25)24-7-5-23(6-8-24)19-4-3-14(13-22)9-18(19)21/h3-4,9-12H,5-8H2,1-2H3. The second-order valence-electron chi connectivity index (χ2n) is 6.16. The van der Waals surface area contributed by atoms with Crippen LogP contribution in [0.1, 0.15) is 15.9 Å². The molecule has 140 valence electrons. The number of piperazine rings is 1. The van der Waals surface area contributed by atoms with Gasteiger partial charge in [0.1, 0.15) is 17.3 Å².